The van der Waals surface area contributed by atoms with Gasteiger partial charge < -0.3 is 19.1 Å². The summed E-state index contributed by atoms with van der Waals surface area (Å²) in [6, 6.07) is 0. The van der Waals surface area contributed by atoms with Crippen LogP contribution in [0.3, 0.4) is 0 Å². The molecule has 0 unspecified atom stereocenters. The molecule has 98 valence electrons. The zero-order valence-corrected chi connectivity index (χ0v) is 10.6. The van der Waals surface area contributed by atoms with Crippen LogP contribution in [0, 0.1) is 0 Å². The van der Waals surface area contributed by atoms with E-state index in [0.717, 1.165) is 31.9 Å². The number of carbonyl (C=O) groups is 2. The lowest BCUT2D eigenvalue weighted by Gasteiger charge is -2.30. The second-order valence-corrected chi connectivity index (χ2v) is 4.62. The molecule has 0 aromatic rings. The summed E-state index contributed by atoms with van der Waals surface area (Å²) >= 11 is 0. The number of hydrogen-bond acceptors (Lipinski definition) is 4. The van der Waals surface area contributed by atoms with Gasteiger partial charge in [-0.15, -0.1) is 0 Å². The summed E-state index contributed by atoms with van der Waals surface area (Å²) in [5.74, 6) is -1.44. The van der Waals surface area contributed by atoms with Crippen molar-refractivity contribution < 1.29 is 23.9 Å². The Balaban J connectivity index is 3.54. The number of rotatable bonds is 9. The Hall–Kier alpha value is -1.36. The van der Waals surface area contributed by atoms with E-state index in [1.165, 1.54) is 0 Å². The standard InChI is InChI=1S/C12H21NO4/c1-4-12(16)17-9-7-5-6-8-13(2,3)10-11(14)15/h4H,1,5-10H2,2-3H3. The summed E-state index contributed by atoms with van der Waals surface area (Å²) in [5.41, 5.74) is 0. The third kappa shape index (κ3) is 9.56. The molecule has 0 rings (SSSR count). The summed E-state index contributed by atoms with van der Waals surface area (Å²) in [6.45, 7) is 4.47. The molecule has 0 amide bonds. The minimum Gasteiger partial charge on any atom is -0.544 e. The summed E-state index contributed by atoms with van der Waals surface area (Å²) < 4.78 is 5.23. The van der Waals surface area contributed by atoms with E-state index in [1.54, 1.807) is 0 Å². The van der Waals surface area contributed by atoms with E-state index < -0.39 is 11.9 Å². The van der Waals surface area contributed by atoms with Crippen molar-refractivity contribution >= 4 is 11.9 Å². The van der Waals surface area contributed by atoms with Crippen LogP contribution in [-0.4, -0.2) is 50.2 Å². The normalized spacial score (nSPS) is 10.9. The van der Waals surface area contributed by atoms with Gasteiger partial charge in [0.2, 0.25) is 0 Å². The van der Waals surface area contributed by atoms with Crippen LogP contribution in [0.1, 0.15) is 19.3 Å². The van der Waals surface area contributed by atoms with Crippen LogP contribution in [0.4, 0.5) is 0 Å². The van der Waals surface area contributed by atoms with Crippen molar-refractivity contribution in [2.45, 2.75) is 19.3 Å². The van der Waals surface area contributed by atoms with E-state index in [0.29, 0.717) is 11.1 Å². The average Bonchev–Trinajstić information content (AvgIpc) is 2.20. The predicted octanol–water partition coefficient (Wildman–Crippen LogP) is -0.288. The Morgan fingerprint density at radius 2 is 1.94 bits per heavy atom. The zero-order chi connectivity index (χ0) is 13.3. The maximum absolute atomic E-state index is 10.7. The van der Waals surface area contributed by atoms with E-state index in [9.17, 15) is 14.7 Å². The molecule has 0 N–H and O–H groups in total. The molecule has 0 spiro atoms. The van der Waals surface area contributed by atoms with E-state index >= 15 is 0 Å². The molecule has 0 aliphatic carbocycles. The van der Waals surface area contributed by atoms with E-state index in [1.807, 2.05) is 14.1 Å². The van der Waals surface area contributed by atoms with Gasteiger partial charge in [0.1, 0.15) is 6.54 Å². The number of carboxylic acids is 1. The molecular formula is C12H21NO4. The van der Waals surface area contributed by atoms with Crippen molar-refractivity contribution in [2.24, 2.45) is 0 Å². The van der Waals surface area contributed by atoms with Gasteiger partial charge in [-0.1, -0.05) is 6.58 Å². The van der Waals surface area contributed by atoms with Crippen molar-refractivity contribution in [3.63, 3.8) is 0 Å². The molecule has 0 aromatic carbocycles. The molecule has 0 saturated carbocycles. The lowest BCUT2D eigenvalue weighted by molar-refractivity contribution is -0.885. The van der Waals surface area contributed by atoms with Crippen molar-refractivity contribution in [1.29, 1.82) is 0 Å². The molecule has 17 heavy (non-hydrogen) atoms. The molecule has 0 heterocycles. The summed E-state index contributed by atoms with van der Waals surface area (Å²) in [4.78, 5) is 21.2. The fourth-order valence-corrected chi connectivity index (χ4v) is 1.48. The number of unbranched alkanes of at least 4 members (excludes halogenated alkanes) is 2. The number of carboxylic acid groups (broad SMARTS) is 1. The van der Waals surface area contributed by atoms with Crippen molar-refractivity contribution in [3.8, 4) is 0 Å². The number of likely N-dealkylation sites (N-methyl/N-ethyl adjacent to an activating group) is 1. The van der Waals surface area contributed by atoms with Crippen molar-refractivity contribution in [1.82, 2.24) is 0 Å². The van der Waals surface area contributed by atoms with Gasteiger partial charge in [0.15, 0.2) is 0 Å². The molecule has 0 fully saturated rings. The number of ether oxygens (including phenoxy) is 1. The van der Waals surface area contributed by atoms with Crippen LogP contribution in [0.2, 0.25) is 0 Å². The minimum absolute atomic E-state index is 0.0193. The maximum Gasteiger partial charge on any atom is 0.330 e. The van der Waals surface area contributed by atoms with Gasteiger partial charge >= 0.3 is 5.97 Å². The number of aliphatic carboxylic acids is 1. The second kappa shape index (κ2) is 7.84. The summed E-state index contributed by atoms with van der Waals surface area (Å²) in [5, 5.41) is 10.5. The Morgan fingerprint density at radius 1 is 1.29 bits per heavy atom. The molecule has 0 atom stereocenters. The monoisotopic (exact) mass is 243 g/mol. The Labute approximate surface area is 102 Å². The topological polar surface area (TPSA) is 66.4 Å². The molecule has 0 aliphatic rings. The van der Waals surface area contributed by atoms with Crippen LogP contribution in [0.15, 0.2) is 12.7 Å². The SMILES string of the molecule is C=CC(=O)OCCCCC[N+](C)(C)CC(=O)[O-]. The van der Waals surface area contributed by atoms with E-state index in [4.69, 9.17) is 4.74 Å². The molecule has 0 aromatic heterocycles. The third-order valence-electron chi connectivity index (χ3n) is 2.38. The smallest absolute Gasteiger partial charge is 0.330 e. The van der Waals surface area contributed by atoms with Gasteiger partial charge in [-0.2, -0.15) is 0 Å². The van der Waals surface area contributed by atoms with Gasteiger partial charge in [0.25, 0.3) is 0 Å². The van der Waals surface area contributed by atoms with E-state index in [2.05, 4.69) is 6.58 Å². The van der Waals surface area contributed by atoms with Gasteiger partial charge in [0, 0.05) is 6.08 Å². The van der Waals surface area contributed by atoms with Crippen molar-refractivity contribution in [2.75, 3.05) is 33.8 Å². The number of nitrogens with zero attached hydrogens (tertiary/aromatic N) is 1. The van der Waals surface area contributed by atoms with Gasteiger partial charge in [0.05, 0.1) is 33.2 Å². The molecule has 0 aliphatic heterocycles. The number of esters is 1. The Morgan fingerprint density at radius 3 is 2.47 bits per heavy atom. The fraction of sp³-hybridized carbons (Fsp3) is 0.667. The number of hydrogen-bond donors (Lipinski definition) is 0. The largest absolute Gasteiger partial charge is 0.544 e. The first kappa shape index (κ1) is 15.6. The van der Waals surface area contributed by atoms with Crippen molar-refractivity contribution in [3.05, 3.63) is 12.7 Å². The number of carbonyl (C=O) groups excluding carboxylic acids is 2. The van der Waals surface area contributed by atoms with Crippen LogP contribution < -0.4 is 5.11 Å². The van der Waals surface area contributed by atoms with Gasteiger partial charge in [-0.3, -0.25) is 0 Å². The first-order chi connectivity index (χ1) is 7.87. The molecule has 0 radical (unpaired) electrons. The van der Waals surface area contributed by atoms with Crippen LogP contribution in [0.5, 0.6) is 0 Å². The van der Waals surface area contributed by atoms with E-state index in [-0.39, 0.29) is 6.54 Å². The maximum atomic E-state index is 10.7. The highest BCUT2D eigenvalue weighted by atomic mass is 16.5. The molecule has 5 nitrogen and oxygen atoms in total. The van der Waals surface area contributed by atoms with Crippen LogP contribution in [0.25, 0.3) is 0 Å². The molecular weight excluding hydrogens is 222 g/mol. The molecule has 5 heteroatoms. The van der Waals surface area contributed by atoms with Crippen LogP contribution in [-0.2, 0) is 14.3 Å². The first-order valence-electron chi connectivity index (χ1n) is 5.68. The first-order valence-corrected chi connectivity index (χ1v) is 5.68. The summed E-state index contributed by atoms with van der Waals surface area (Å²) in [7, 11) is 3.71. The number of quaternary nitrogens is 1. The zero-order valence-electron chi connectivity index (χ0n) is 10.6. The quantitative estimate of drug-likeness (QED) is 0.242. The third-order valence-corrected chi connectivity index (χ3v) is 2.38. The van der Waals surface area contributed by atoms with Gasteiger partial charge in [-0.25, -0.2) is 4.79 Å². The highest BCUT2D eigenvalue weighted by molar-refractivity contribution is 5.81. The lowest BCUT2D eigenvalue weighted by Crippen LogP contribution is -2.48. The highest BCUT2D eigenvalue weighted by Crippen LogP contribution is 2.03. The highest BCUT2D eigenvalue weighted by Gasteiger charge is 2.14. The second-order valence-electron chi connectivity index (χ2n) is 4.62. The lowest BCUT2D eigenvalue weighted by atomic mass is 10.2. The van der Waals surface area contributed by atoms with Gasteiger partial charge in [-0.05, 0) is 19.3 Å². The average molecular weight is 243 g/mol. The molecule has 0 bridgehead atoms. The minimum atomic E-state index is -1.03. The summed E-state index contributed by atoms with van der Waals surface area (Å²) in [6.07, 6.45) is 3.72. The van der Waals surface area contributed by atoms with Crippen LogP contribution >= 0.6 is 0 Å². The molecule has 0 saturated heterocycles. The fourth-order valence-electron chi connectivity index (χ4n) is 1.48. The predicted molar refractivity (Wildman–Crippen MR) is 61.9 cm³/mol. The Kier molecular flexibility index (Phi) is 7.21. The Bertz CT molecular complexity index is 274.